The highest BCUT2D eigenvalue weighted by Gasteiger charge is 2.39. The van der Waals surface area contributed by atoms with Crippen molar-refractivity contribution in [3.05, 3.63) is 70.8 Å². The second-order valence-corrected chi connectivity index (χ2v) is 8.38. The molecule has 1 fully saturated rings. The first kappa shape index (κ1) is 20.3. The number of Topliss-reactive ketones (excluding diaryl/α,β-unsaturated/α-hetero) is 1. The van der Waals surface area contributed by atoms with Gasteiger partial charge in [0.1, 0.15) is 13.1 Å². The molecule has 2 unspecified atom stereocenters. The lowest BCUT2D eigenvalue weighted by Gasteiger charge is -2.43. The summed E-state index contributed by atoms with van der Waals surface area (Å²) in [7, 11) is 0. The van der Waals surface area contributed by atoms with E-state index in [9.17, 15) is 9.59 Å². The van der Waals surface area contributed by atoms with Gasteiger partial charge in [-0.05, 0) is 43.4 Å². The number of carbonyl (C=O) groups excluding carboxylic acids is 2. The molecule has 148 valence electrons. The molecule has 1 amide bonds. The topological polar surface area (TPSA) is 60.2 Å². The number of primary amides is 1. The minimum absolute atomic E-state index is 0.148. The average molecular weight is 380 g/mol. The normalized spacial score (nSPS) is 22.0. The van der Waals surface area contributed by atoms with E-state index in [2.05, 4.69) is 38.1 Å². The molecule has 2 atom stereocenters. The minimum atomic E-state index is -0.238. The van der Waals surface area contributed by atoms with Crippen molar-refractivity contribution in [3.8, 4) is 0 Å². The number of piperidine rings is 1. The molecule has 1 heterocycles. The largest absolute Gasteiger partial charge is 0.369 e. The van der Waals surface area contributed by atoms with E-state index in [1.54, 1.807) is 0 Å². The van der Waals surface area contributed by atoms with Crippen LogP contribution in [-0.4, -0.2) is 35.8 Å². The molecule has 0 bridgehead atoms. The summed E-state index contributed by atoms with van der Waals surface area (Å²) in [6, 6.07) is 16.4. The third-order valence-electron chi connectivity index (χ3n) is 6.09. The number of aryl methyl sites for hydroxylation is 2. The van der Waals surface area contributed by atoms with Gasteiger partial charge in [-0.15, -0.1) is 0 Å². The van der Waals surface area contributed by atoms with Crippen molar-refractivity contribution >= 4 is 11.7 Å². The summed E-state index contributed by atoms with van der Waals surface area (Å²) in [5, 5.41) is 0. The molecule has 0 aromatic heterocycles. The number of benzene rings is 2. The Hall–Kier alpha value is -2.46. The predicted molar refractivity (Wildman–Crippen MR) is 112 cm³/mol. The Kier molecular flexibility index (Phi) is 6.30. The maximum atomic E-state index is 13.1. The van der Waals surface area contributed by atoms with Crippen LogP contribution in [0.15, 0.2) is 48.5 Å². The number of nitrogens with zero attached hydrogens (tertiary/aromatic N) is 1. The van der Waals surface area contributed by atoms with Crippen molar-refractivity contribution in [2.75, 3.05) is 19.6 Å². The van der Waals surface area contributed by atoms with Crippen LogP contribution in [0.25, 0.3) is 0 Å². The number of rotatable bonds is 7. The molecular weight excluding hydrogens is 348 g/mol. The van der Waals surface area contributed by atoms with E-state index >= 15 is 0 Å². The van der Waals surface area contributed by atoms with Gasteiger partial charge in [0, 0.05) is 12.0 Å². The van der Waals surface area contributed by atoms with E-state index in [0.29, 0.717) is 24.0 Å². The number of hydrogen-bond donors (Lipinski definition) is 1. The number of quaternary nitrogens is 1. The molecular formula is C24H31N2O2+. The Labute approximate surface area is 167 Å². The fourth-order valence-electron chi connectivity index (χ4n) is 4.62. The standard InChI is InChI=1S/C24H30N2O2/c1-18-8-6-9-19(2)23(18)14-22(27)17-26(15-20-10-4-3-5-11-20)13-7-12-21(16-26)24(25)28/h3-6,8-11,21H,7,12-17H2,1-2H3,(H-,25,28)/p+1. The zero-order valence-corrected chi connectivity index (χ0v) is 17.0. The van der Waals surface area contributed by atoms with E-state index in [4.69, 9.17) is 5.73 Å². The fourth-order valence-corrected chi connectivity index (χ4v) is 4.62. The van der Waals surface area contributed by atoms with Gasteiger partial charge in [0.25, 0.3) is 0 Å². The third kappa shape index (κ3) is 4.87. The SMILES string of the molecule is Cc1cccc(C)c1CC(=O)C[N+]1(Cc2ccccc2)CCCC(C(N)=O)C1. The summed E-state index contributed by atoms with van der Waals surface area (Å²) >= 11 is 0. The number of amides is 1. The van der Waals surface area contributed by atoms with Gasteiger partial charge >= 0.3 is 0 Å². The van der Waals surface area contributed by atoms with Crippen LogP contribution in [0.3, 0.4) is 0 Å². The van der Waals surface area contributed by atoms with Crippen molar-refractivity contribution in [2.24, 2.45) is 11.7 Å². The van der Waals surface area contributed by atoms with Crippen LogP contribution in [0.2, 0.25) is 0 Å². The molecule has 0 saturated carbocycles. The summed E-state index contributed by atoms with van der Waals surface area (Å²) in [5.41, 5.74) is 10.3. The minimum Gasteiger partial charge on any atom is -0.369 e. The molecule has 2 aromatic carbocycles. The van der Waals surface area contributed by atoms with Gasteiger partial charge in [-0.2, -0.15) is 0 Å². The molecule has 1 aliphatic rings. The van der Waals surface area contributed by atoms with Gasteiger partial charge in [0.2, 0.25) is 5.91 Å². The first-order valence-corrected chi connectivity index (χ1v) is 10.1. The van der Waals surface area contributed by atoms with Gasteiger partial charge in [0.05, 0.1) is 19.0 Å². The van der Waals surface area contributed by atoms with E-state index in [0.717, 1.165) is 42.6 Å². The quantitative estimate of drug-likeness (QED) is 0.750. The lowest BCUT2D eigenvalue weighted by Crippen LogP contribution is -2.57. The second-order valence-electron chi connectivity index (χ2n) is 8.38. The van der Waals surface area contributed by atoms with Crippen molar-refractivity contribution in [2.45, 2.75) is 39.7 Å². The Morgan fingerprint density at radius 2 is 1.71 bits per heavy atom. The van der Waals surface area contributed by atoms with E-state index in [-0.39, 0.29) is 17.6 Å². The van der Waals surface area contributed by atoms with Crippen molar-refractivity contribution < 1.29 is 14.1 Å². The number of carbonyl (C=O) groups is 2. The van der Waals surface area contributed by atoms with Crippen molar-refractivity contribution in [3.63, 3.8) is 0 Å². The molecule has 3 rings (SSSR count). The molecule has 2 aromatic rings. The predicted octanol–water partition coefficient (Wildman–Crippen LogP) is 3.33. The highest BCUT2D eigenvalue weighted by atomic mass is 16.1. The molecule has 28 heavy (non-hydrogen) atoms. The zero-order chi connectivity index (χ0) is 20.1. The zero-order valence-electron chi connectivity index (χ0n) is 17.0. The smallest absolute Gasteiger partial charge is 0.226 e. The maximum absolute atomic E-state index is 13.1. The van der Waals surface area contributed by atoms with E-state index in [1.807, 2.05) is 24.3 Å². The average Bonchev–Trinajstić information content (AvgIpc) is 2.65. The number of likely N-dealkylation sites (tertiary alicyclic amines) is 1. The molecule has 1 saturated heterocycles. The second kappa shape index (κ2) is 8.70. The summed E-state index contributed by atoms with van der Waals surface area (Å²) in [6.07, 6.45) is 2.21. The lowest BCUT2D eigenvalue weighted by molar-refractivity contribution is -0.940. The third-order valence-corrected chi connectivity index (χ3v) is 6.09. The first-order valence-electron chi connectivity index (χ1n) is 10.1. The van der Waals surface area contributed by atoms with Gasteiger partial charge in [-0.1, -0.05) is 48.5 Å². The highest BCUT2D eigenvalue weighted by Crippen LogP contribution is 2.27. The molecule has 0 spiro atoms. The maximum Gasteiger partial charge on any atom is 0.226 e. The number of ketones is 1. The van der Waals surface area contributed by atoms with Crippen LogP contribution in [-0.2, 0) is 22.6 Å². The van der Waals surface area contributed by atoms with Gasteiger partial charge in [-0.25, -0.2) is 0 Å². The van der Waals surface area contributed by atoms with Crippen LogP contribution in [0, 0.1) is 19.8 Å². The Morgan fingerprint density at radius 3 is 2.36 bits per heavy atom. The van der Waals surface area contributed by atoms with Gasteiger partial charge in [0.15, 0.2) is 5.78 Å². The van der Waals surface area contributed by atoms with Gasteiger partial charge < -0.3 is 10.2 Å². The van der Waals surface area contributed by atoms with E-state index in [1.165, 1.54) is 5.56 Å². The van der Waals surface area contributed by atoms with Crippen LogP contribution >= 0.6 is 0 Å². The molecule has 0 aliphatic carbocycles. The van der Waals surface area contributed by atoms with Gasteiger partial charge in [-0.3, -0.25) is 9.59 Å². The molecule has 2 N–H and O–H groups in total. The molecule has 4 heteroatoms. The van der Waals surface area contributed by atoms with Crippen LogP contribution in [0.1, 0.15) is 35.1 Å². The Morgan fingerprint density at radius 1 is 1.04 bits per heavy atom. The fraction of sp³-hybridized carbons (Fsp3) is 0.417. The van der Waals surface area contributed by atoms with Crippen LogP contribution < -0.4 is 5.73 Å². The summed E-state index contributed by atoms with van der Waals surface area (Å²) in [5.74, 6) is -0.152. The van der Waals surface area contributed by atoms with Crippen molar-refractivity contribution in [1.82, 2.24) is 0 Å². The molecule has 0 radical (unpaired) electrons. The lowest BCUT2D eigenvalue weighted by atomic mass is 9.92. The van der Waals surface area contributed by atoms with Crippen LogP contribution in [0.4, 0.5) is 0 Å². The monoisotopic (exact) mass is 379 g/mol. The number of nitrogens with two attached hydrogens (primary N) is 1. The molecule has 4 nitrogen and oxygen atoms in total. The summed E-state index contributed by atoms with van der Waals surface area (Å²) in [4.78, 5) is 25.0. The molecule has 1 aliphatic heterocycles. The summed E-state index contributed by atoms with van der Waals surface area (Å²) < 4.78 is 0.626. The Balaban J connectivity index is 1.82. The highest BCUT2D eigenvalue weighted by molar-refractivity contribution is 5.83. The van der Waals surface area contributed by atoms with Crippen LogP contribution in [0.5, 0.6) is 0 Å². The summed E-state index contributed by atoms with van der Waals surface area (Å²) in [6.45, 7) is 6.91. The number of hydrogen-bond acceptors (Lipinski definition) is 2. The first-order chi connectivity index (χ1) is 13.4. The van der Waals surface area contributed by atoms with E-state index < -0.39 is 0 Å². The Bertz CT molecular complexity index is 827. The van der Waals surface area contributed by atoms with Crippen molar-refractivity contribution in [1.29, 1.82) is 0 Å².